The van der Waals surface area contributed by atoms with Gasteiger partial charge in [-0.05, 0) is 30.2 Å². The molecule has 1 saturated heterocycles. The van der Waals surface area contributed by atoms with E-state index in [1.807, 2.05) is 0 Å². The number of aromatic hydroxyl groups is 1. The quantitative estimate of drug-likeness (QED) is 0.456. The molecule has 124 valence electrons. The first kappa shape index (κ1) is 17.3. The number of hydrogen-bond donors (Lipinski definition) is 2. The Bertz CT molecular complexity index is 617. The van der Waals surface area contributed by atoms with Gasteiger partial charge in [0.2, 0.25) is 5.91 Å². The standard InChI is InChI=1S/C16H21N3O3S/c1-3-4-5-6-14-15(21)18-16(23-14)19-17-10-11-7-8-12(20)13(9-11)22-2/h7-10,14,20H,3-6H2,1-2H3,(H,18,19,21)/b17-10+/t14-/m0/s1. The van der Waals surface area contributed by atoms with E-state index in [4.69, 9.17) is 4.74 Å². The molecule has 0 aliphatic carbocycles. The molecule has 1 aliphatic rings. The maximum absolute atomic E-state index is 11.8. The molecule has 0 aromatic heterocycles. The van der Waals surface area contributed by atoms with Gasteiger partial charge >= 0.3 is 0 Å². The average molecular weight is 335 g/mol. The molecule has 23 heavy (non-hydrogen) atoms. The summed E-state index contributed by atoms with van der Waals surface area (Å²) in [6.45, 7) is 2.14. The second-order valence-electron chi connectivity index (χ2n) is 5.17. The Labute approximate surface area is 140 Å². The van der Waals surface area contributed by atoms with E-state index < -0.39 is 0 Å². The Morgan fingerprint density at radius 3 is 3.00 bits per heavy atom. The molecule has 6 nitrogen and oxygen atoms in total. The molecule has 2 rings (SSSR count). The smallest absolute Gasteiger partial charge is 0.239 e. The first-order valence-corrected chi connectivity index (χ1v) is 8.47. The number of methoxy groups -OCH3 is 1. The number of nitrogens with one attached hydrogen (secondary N) is 1. The van der Waals surface area contributed by atoms with Crippen LogP contribution in [0.25, 0.3) is 0 Å². The number of thioether (sulfide) groups is 1. The van der Waals surface area contributed by atoms with E-state index >= 15 is 0 Å². The van der Waals surface area contributed by atoms with Crippen molar-refractivity contribution in [1.82, 2.24) is 5.32 Å². The molecule has 1 heterocycles. The van der Waals surface area contributed by atoms with Crippen molar-refractivity contribution in [3.8, 4) is 11.5 Å². The van der Waals surface area contributed by atoms with Gasteiger partial charge in [0.05, 0.1) is 18.6 Å². The minimum absolute atomic E-state index is 0.00588. The van der Waals surface area contributed by atoms with Gasteiger partial charge in [-0.2, -0.15) is 5.10 Å². The summed E-state index contributed by atoms with van der Waals surface area (Å²) in [4.78, 5) is 11.8. The highest BCUT2D eigenvalue weighted by Gasteiger charge is 2.29. The highest BCUT2D eigenvalue weighted by atomic mass is 32.2. The summed E-state index contributed by atoms with van der Waals surface area (Å²) in [6, 6.07) is 4.89. The van der Waals surface area contributed by atoms with Crippen LogP contribution in [0.15, 0.2) is 28.4 Å². The van der Waals surface area contributed by atoms with Crippen LogP contribution in [0.4, 0.5) is 0 Å². The van der Waals surface area contributed by atoms with Crippen LogP contribution in [0.5, 0.6) is 11.5 Å². The topological polar surface area (TPSA) is 83.3 Å². The SMILES string of the molecule is CCCCC[C@@H]1S/C(=N\N=C\c2ccc(O)c(OC)c2)NC1=O. The van der Waals surface area contributed by atoms with E-state index in [2.05, 4.69) is 22.4 Å². The van der Waals surface area contributed by atoms with E-state index in [0.717, 1.165) is 31.2 Å². The van der Waals surface area contributed by atoms with Crippen LogP contribution in [0, 0.1) is 0 Å². The van der Waals surface area contributed by atoms with Crippen LogP contribution in [-0.2, 0) is 4.79 Å². The molecule has 1 aromatic rings. The fraction of sp³-hybridized carbons (Fsp3) is 0.438. The lowest BCUT2D eigenvalue weighted by molar-refractivity contribution is -0.118. The van der Waals surface area contributed by atoms with Crippen LogP contribution in [-0.4, -0.2) is 34.8 Å². The van der Waals surface area contributed by atoms with E-state index in [1.54, 1.807) is 18.3 Å². The summed E-state index contributed by atoms with van der Waals surface area (Å²) < 4.78 is 5.03. The predicted molar refractivity (Wildman–Crippen MR) is 93.4 cm³/mol. The molecular formula is C16H21N3O3S. The minimum Gasteiger partial charge on any atom is -0.504 e. The van der Waals surface area contributed by atoms with Crippen molar-refractivity contribution in [3.63, 3.8) is 0 Å². The van der Waals surface area contributed by atoms with Gasteiger partial charge in [0.15, 0.2) is 16.7 Å². The Hall–Kier alpha value is -2.02. The maximum Gasteiger partial charge on any atom is 0.239 e. The number of amidine groups is 1. The largest absolute Gasteiger partial charge is 0.504 e. The molecule has 1 amide bonds. The van der Waals surface area contributed by atoms with Gasteiger partial charge in [0.25, 0.3) is 0 Å². The highest BCUT2D eigenvalue weighted by molar-refractivity contribution is 8.15. The number of hydrogen-bond acceptors (Lipinski definition) is 6. The van der Waals surface area contributed by atoms with Gasteiger partial charge in [-0.1, -0.05) is 37.9 Å². The van der Waals surface area contributed by atoms with Gasteiger partial charge in [-0.25, -0.2) is 0 Å². The Morgan fingerprint density at radius 2 is 2.26 bits per heavy atom. The van der Waals surface area contributed by atoms with Crippen LogP contribution in [0.2, 0.25) is 0 Å². The summed E-state index contributed by atoms with van der Waals surface area (Å²) >= 11 is 1.43. The Kier molecular flexibility index (Phi) is 6.46. The van der Waals surface area contributed by atoms with Crippen molar-refractivity contribution >= 4 is 29.1 Å². The molecule has 0 radical (unpaired) electrons. The molecule has 7 heteroatoms. The molecular weight excluding hydrogens is 314 g/mol. The van der Waals surface area contributed by atoms with Crippen molar-refractivity contribution in [3.05, 3.63) is 23.8 Å². The fourth-order valence-corrected chi connectivity index (χ4v) is 3.12. The summed E-state index contributed by atoms with van der Waals surface area (Å²) in [7, 11) is 1.49. The number of ether oxygens (including phenoxy) is 1. The third-order valence-corrected chi connectivity index (χ3v) is 4.55. The molecule has 0 bridgehead atoms. The molecule has 0 spiro atoms. The number of benzene rings is 1. The van der Waals surface area contributed by atoms with Crippen molar-refractivity contribution in [2.24, 2.45) is 10.2 Å². The van der Waals surface area contributed by atoms with Gasteiger partial charge in [-0.15, -0.1) is 5.10 Å². The van der Waals surface area contributed by atoms with Crippen LogP contribution < -0.4 is 10.1 Å². The molecule has 1 atom stereocenters. The number of unbranched alkanes of at least 4 members (excludes halogenated alkanes) is 2. The Balaban J connectivity index is 1.94. The van der Waals surface area contributed by atoms with E-state index in [0.29, 0.717) is 10.9 Å². The number of amides is 1. The van der Waals surface area contributed by atoms with Crippen LogP contribution >= 0.6 is 11.8 Å². The van der Waals surface area contributed by atoms with Crippen molar-refractivity contribution in [2.75, 3.05) is 7.11 Å². The zero-order chi connectivity index (χ0) is 16.7. The van der Waals surface area contributed by atoms with E-state index in [1.165, 1.54) is 24.9 Å². The minimum atomic E-state index is -0.0655. The predicted octanol–water partition coefficient (Wildman–Crippen LogP) is 2.90. The van der Waals surface area contributed by atoms with Gasteiger partial charge in [0, 0.05) is 0 Å². The third-order valence-electron chi connectivity index (χ3n) is 3.41. The first-order valence-electron chi connectivity index (χ1n) is 7.59. The monoisotopic (exact) mass is 335 g/mol. The zero-order valence-electron chi connectivity index (χ0n) is 13.3. The number of phenols is 1. The summed E-state index contributed by atoms with van der Waals surface area (Å²) in [6.07, 6.45) is 5.73. The lowest BCUT2D eigenvalue weighted by Crippen LogP contribution is -2.24. The van der Waals surface area contributed by atoms with Crippen LogP contribution in [0.3, 0.4) is 0 Å². The Morgan fingerprint density at radius 1 is 1.43 bits per heavy atom. The summed E-state index contributed by atoms with van der Waals surface area (Å²) in [5.41, 5.74) is 0.748. The second kappa shape index (κ2) is 8.57. The van der Waals surface area contributed by atoms with Crippen LogP contribution in [0.1, 0.15) is 38.2 Å². The average Bonchev–Trinajstić information content (AvgIpc) is 2.89. The normalized spacial score (nSPS) is 19.5. The lowest BCUT2D eigenvalue weighted by atomic mass is 10.1. The number of carbonyl (C=O) groups excluding carboxylic acids is 1. The molecule has 1 aromatic carbocycles. The lowest BCUT2D eigenvalue weighted by Gasteiger charge is -2.03. The van der Waals surface area contributed by atoms with Gasteiger partial charge < -0.3 is 15.2 Å². The van der Waals surface area contributed by atoms with Crippen molar-refractivity contribution in [2.45, 2.75) is 37.9 Å². The zero-order valence-corrected chi connectivity index (χ0v) is 14.1. The number of carbonyl (C=O) groups is 1. The molecule has 0 saturated carbocycles. The number of nitrogens with zero attached hydrogens (tertiary/aromatic N) is 2. The van der Waals surface area contributed by atoms with Gasteiger partial charge in [0.1, 0.15) is 0 Å². The summed E-state index contributed by atoms with van der Waals surface area (Å²) in [5, 5.41) is 20.8. The third kappa shape index (κ3) is 4.99. The first-order chi connectivity index (χ1) is 11.1. The number of phenolic OH excluding ortho intramolecular Hbond substituents is 1. The second-order valence-corrected chi connectivity index (χ2v) is 6.36. The molecule has 1 fully saturated rings. The molecule has 1 aliphatic heterocycles. The van der Waals surface area contributed by atoms with Crippen molar-refractivity contribution in [1.29, 1.82) is 0 Å². The van der Waals surface area contributed by atoms with Gasteiger partial charge in [-0.3, -0.25) is 4.79 Å². The molecule has 2 N–H and O–H groups in total. The molecule has 0 unspecified atom stereocenters. The summed E-state index contributed by atoms with van der Waals surface area (Å²) in [5.74, 6) is 0.456. The highest BCUT2D eigenvalue weighted by Crippen LogP contribution is 2.26. The fourth-order valence-electron chi connectivity index (χ4n) is 2.14. The number of rotatable bonds is 7. The van der Waals surface area contributed by atoms with Crippen molar-refractivity contribution < 1.29 is 14.6 Å². The maximum atomic E-state index is 11.8. The van der Waals surface area contributed by atoms with E-state index in [-0.39, 0.29) is 16.9 Å². The van der Waals surface area contributed by atoms with E-state index in [9.17, 15) is 9.90 Å².